The molecule has 187 valence electrons. The van der Waals surface area contributed by atoms with Gasteiger partial charge in [-0.05, 0) is 56.2 Å². The Morgan fingerprint density at radius 2 is 1.57 bits per heavy atom. The molecular formula is C30H43N2O2Y+. The molecule has 1 fully saturated rings. The molecule has 1 saturated heterocycles. The van der Waals surface area contributed by atoms with Gasteiger partial charge in [0.15, 0.2) is 5.78 Å². The molecule has 5 heteroatoms. The minimum absolute atomic E-state index is 0. The molecule has 1 aliphatic heterocycles. The summed E-state index contributed by atoms with van der Waals surface area (Å²) in [4.78, 5) is 29.1. The summed E-state index contributed by atoms with van der Waals surface area (Å²) >= 11 is 0. The first-order valence-electron chi connectivity index (χ1n) is 13.1. The van der Waals surface area contributed by atoms with E-state index >= 15 is 0 Å². The first-order chi connectivity index (χ1) is 16.4. The molecule has 1 heterocycles. The number of ketones is 1. The summed E-state index contributed by atoms with van der Waals surface area (Å²) in [6, 6.07) is 16.7. The van der Waals surface area contributed by atoms with Crippen LogP contribution in [0.3, 0.4) is 0 Å². The Morgan fingerprint density at radius 1 is 0.943 bits per heavy atom. The van der Waals surface area contributed by atoms with E-state index in [1.54, 1.807) is 0 Å². The van der Waals surface area contributed by atoms with Gasteiger partial charge in [-0.2, -0.15) is 0 Å². The molecule has 1 amide bonds. The minimum Gasteiger partial charge on any atom is -0.342 e. The van der Waals surface area contributed by atoms with Crippen LogP contribution in [-0.2, 0) is 55.3 Å². The molecule has 4 nitrogen and oxygen atoms in total. The van der Waals surface area contributed by atoms with Gasteiger partial charge in [0.25, 0.3) is 0 Å². The third kappa shape index (κ3) is 8.34. The van der Waals surface area contributed by atoms with Gasteiger partial charge in [-0.15, -0.1) is 0 Å². The zero-order valence-electron chi connectivity index (χ0n) is 22.3. The number of likely N-dealkylation sites (tertiary alicyclic amines) is 1. The van der Waals surface area contributed by atoms with Crippen molar-refractivity contribution in [2.45, 2.75) is 66.3 Å². The predicted molar refractivity (Wildman–Crippen MR) is 140 cm³/mol. The zero-order chi connectivity index (χ0) is 24.6. The number of quaternary nitrogens is 1. The van der Waals surface area contributed by atoms with Crippen LogP contribution in [0.25, 0.3) is 0 Å². The standard InChI is InChI=1S/C30H43N2O2.Y/c1-5-17-31(18-6-2)30(34)27-16-11-19-32(22-27,21-26-14-8-7-9-15-26)23-28(33)20-29-24(3)12-10-13-25(29)4;/h7-10,12-15,27H,5-6,11,16-23H2,1-4H3;/q+1;. The summed E-state index contributed by atoms with van der Waals surface area (Å²) in [5.74, 6) is 0.574. The summed E-state index contributed by atoms with van der Waals surface area (Å²) < 4.78 is 0.691. The Bertz CT molecular complexity index is 936. The number of amides is 1. The molecule has 0 aromatic heterocycles. The maximum Gasteiger partial charge on any atom is 0.231 e. The number of Topliss-reactive ketones (excluding diaryl/α,β-unsaturated/α-hetero) is 1. The van der Waals surface area contributed by atoms with Crippen LogP contribution in [0.5, 0.6) is 0 Å². The second-order valence-electron chi connectivity index (χ2n) is 10.3. The van der Waals surface area contributed by atoms with Crippen molar-refractivity contribution in [3.8, 4) is 0 Å². The monoisotopic (exact) mass is 552 g/mol. The maximum atomic E-state index is 13.5. The van der Waals surface area contributed by atoms with Crippen LogP contribution in [0.2, 0.25) is 0 Å². The van der Waals surface area contributed by atoms with E-state index in [4.69, 9.17) is 0 Å². The molecule has 1 aliphatic rings. The number of carbonyl (C=O) groups is 2. The molecule has 2 unspecified atom stereocenters. The van der Waals surface area contributed by atoms with Crippen LogP contribution in [0, 0.1) is 19.8 Å². The largest absolute Gasteiger partial charge is 0.342 e. The third-order valence-electron chi connectivity index (χ3n) is 7.33. The first kappa shape index (κ1) is 29.9. The molecule has 0 bridgehead atoms. The molecule has 0 aliphatic carbocycles. The van der Waals surface area contributed by atoms with Crippen molar-refractivity contribution in [3.05, 3.63) is 70.8 Å². The number of carbonyl (C=O) groups excluding carboxylic acids is 2. The van der Waals surface area contributed by atoms with E-state index in [0.29, 0.717) is 23.4 Å². The Kier molecular flexibility index (Phi) is 12.3. The van der Waals surface area contributed by atoms with Crippen LogP contribution in [-0.4, -0.2) is 53.8 Å². The van der Waals surface area contributed by atoms with Crippen LogP contribution in [0.1, 0.15) is 61.8 Å². The topological polar surface area (TPSA) is 37.4 Å². The fourth-order valence-electron chi connectivity index (χ4n) is 5.72. The number of hydrogen-bond acceptors (Lipinski definition) is 2. The van der Waals surface area contributed by atoms with Gasteiger partial charge in [-0.3, -0.25) is 9.59 Å². The van der Waals surface area contributed by atoms with E-state index < -0.39 is 0 Å². The van der Waals surface area contributed by atoms with Crippen molar-refractivity contribution in [1.29, 1.82) is 0 Å². The first-order valence-corrected chi connectivity index (χ1v) is 13.1. The van der Waals surface area contributed by atoms with Gasteiger partial charge < -0.3 is 9.38 Å². The van der Waals surface area contributed by atoms with E-state index in [9.17, 15) is 9.59 Å². The average molecular weight is 553 g/mol. The number of piperidine rings is 1. The van der Waals surface area contributed by atoms with Gasteiger partial charge in [-0.1, -0.05) is 62.4 Å². The van der Waals surface area contributed by atoms with E-state index in [0.717, 1.165) is 64.0 Å². The fraction of sp³-hybridized carbons (Fsp3) is 0.533. The van der Waals surface area contributed by atoms with Gasteiger partial charge in [0.05, 0.1) is 19.0 Å². The number of hydrogen-bond donors (Lipinski definition) is 0. The summed E-state index contributed by atoms with van der Waals surface area (Å²) in [6.07, 6.45) is 4.37. The van der Waals surface area contributed by atoms with Gasteiger partial charge in [-0.25, -0.2) is 0 Å². The quantitative estimate of drug-likeness (QED) is 0.346. The fourth-order valence-corrected chi connectivity index (χ4v) is 5.72. The minimum atomic E-state index is 0. The second-order valence-corrected chi connectivity index (χ2v) is 10.3. The number of rotatable bonds is 11. The Labute approximate surface area is 237 Å². The average Bonchev–Trinajstić information content (AvgIpc) is 2.81. The molecular weight excluding hydrogens is 509 g/mol. The normalized spacial score (nSPS) is 19.6. The van der Waals surface area contributed by atoms with Crippen molar-refractivity contribution in [3.63, 3.8) is 0 Å². The Hall–Kier alpha value is -1.36. The van der Waals surface area contributed by atoms with Crippen LogP contribution < -0.4 is 0 Å². The molecule has 3 rings (SSSR count). The maximum absolute atomic E-state index is 13.5. The molecule has 0 N–H and O–H groups in total. The SMILES string of the molecule is CCCN(CCC)C(=O)C1CCC[N+](CC(=O)Cc2c(C)cccc2C)(Cc2ccccc2)C1.[Y]. The van der Waals surface area contributed by atoms with E-state index in [1.165, 1.54) is 16.7 Å². The number of benzene rings is 2. The molecule has 2 aromatic rings. The second kappa shape index (κ2) is 14.4. The number of nitrogens with zero attached hydrogens (tertiary/aromatic N) is 2. The van der Waals surface area contributed by atoms with E-state index in [1.807, 2.05) is 6.07 Å². The van der Waals surface area contributed by atoms with Crippen molar-refractivity contribution in [2.75, 3.05) is 32.7 Å². The molecule has 0 spiro atoms. The Balaban J connectivity index is 0.00000432. The summed E-state index contributed by atoms with van der Waals surface area (Å²) in [5, 5.41) is 0. The van der Waals surface area contributed by atoms with Gasteiger partial charge in [0.2, 0.25) is 5.91 Å². The van der Waals surface area contributed by atoms with Crippen molar-refractivity contribution in [2.24, 2.45) is 5.92 Å². The third-order valence-corrected chi connectivity index (χ3v) is 7.33. The van der Waals surface area contributed by atoms with Crippen molar-refractivity contribution in [1.82, 2.24) is 4.90 Å². The van der Waals surface area contributed by atoms with Crippen LogP contribution in [0.4, 0.5) is 0 Å². The van der Waals surface area contributed by atoms with Crippen LogP contribution in [0.15, 0.2) is 48.5 Å². The molecule has 2 atom stereocenters. The van der Waals surface area contributed by atoms with Gasteiger partial charge >= 0.3 is 0 Å². The summed E-state index contributed by atoms with van der Waals surface area (Å²) in [6.45, 7) is 13.1. The van der Waals surface area contributed by atoms with Crippen molar-refractivity contribution >= 4 is 11.7 Å². The van der Waals surface area contributed by atoms with E-state index in [2.05, 4.69) is 75.1 Å². The van der Waals surface area contributed by atoms with Gasteiger partial charge in [0.1, 0.15) is 13.1 Å². The van der Waals surface area contributed by atoms with Gasteiger partial charge in [0, 0.05) is 57.8 Å². The summed E-state index contributed by atoms with van der Waals surface area (Å²) in [5.41, 5.74) is 4.77. The van der Waals surface area contributed by atoms with Crippen molar-refractivity contribution < 1.29 is 46.8 Å². The summed E-state index contributed by atoms with van der Waals surface area (Å²) in [7, 11) is 0. The zero-order valence-corrected chi connectivity index (χ0v) is 25.1. The Morgan fingerprint density at radius 3 is 2.17 bits per heavy atom. The van der Waals surface area contributed by atoms with Crippen LogP contribution >= 0.6 is 0 Å². The molecule has 35 heavy (non-hydrogen) atoms. The smallest absolute Gasteiger partial charge is 0.231 e. The molecule has 0 saturated carbocycles. The predicted octanol–water partition coefficient (Wildman–Crippen LogP) is 5.49. The molecule has 1 radical (unpaired) electrons. The van der Waals surface area contributed by atoms with E-state index in [-0.39, 0.29) is 44.4 Å². The molecule has 2 aromatic carbocycles. The number of aryl methyl sites for hydroxylation is 2.